The minimum Gasteiger partial charge on any atom is -0.485 e. The van der Waals surface area contributed by atoms with Crippen LogP contribution < -0.4 is 19.5 Å². The smallest absolute Gasteiger partial charge is 0.265 e. The number of para-hydroxylation sites is 3. The van der Waals surface area contributed by atoms with Crippen LogP contribution in [0.1, 0.15) is 0 Å². The van der Waals surface area contributed by atoms with Crippen molar-refractivity contribution < 1.29 is 19.0 Å². The van der Waals surface area contributed by atoms with Gasteiger partial charge in [-0.05, 0) is 24.3 Å². The number of ether oxygens (including phenoxy) is 3. The van der Waals surface area contributed by atoms with E-state index in [1.807, 2.05) is 42.5 Å². The molecule has 1 aromatic heterocycles. The zero-order valence-corrected chi connectivity index (χ0v) is 15.1. The second-order valence-corrected chi connectivity index (χ2v) is 6.06. The lowest BCUT2D eigenvalue weighted by Crippen LogP contribution is -2.44. The zero-order valence-electron chi connectivity index (χ0n) is 15.1. The normalized spacial score (nSPS) is 14.6. The number of nitrogens with zero attached hydrogens (tertiary/aromatic N) is 1. The van der Waals surface area contributed by atoms with Gasteiger partial charge in [0.25, 0.3) is 5.91 Å². The Bertz CT molecular complexity index is 1050. The fourth-order valence-corrected chi connectivity index (χ4v) is 2.81. The van der Waals surface area contributed by atoms with E-state index in [4.69, 9.17) is 14.2 Å². The van der Waals surface area contributed by atoms with Gasteiger partial charge in [-0.25, -0.2) is 0 Å². The summed E-state index contributed by atoms with van der Waals surface area (Å²) in [5.74, 6) is 7.39. The van der Waals surface area contributed by atoms with Crippen LogP contribution in [0.3, 0.4) is 0 Å². The summed E-state index contributed by atoms with van der Waals surface area (Å²) < 4.78 is 16.9. The lowest BCUT2D eigenvalue weighted by Gasteiger charge is -2.25. The first-order valence-electron chi connectivity index (χ1n) is 8.90. The van der Waals surface area contributed by atoms with E-state index >= 15 is 0 Å². The Morgan fingerprint density at radius 2 is 1.96 bits per heavy atom. The summed E-state index contributed by atoms with van der Waals surface area (Å²) in [5.41, 5.74) is 0.801. The van der Waals surface area contributed by atoms with Crippen molar-refractivity contribution in [2.75, 3.05) is 19.8 Å². The highest BCUT2D eigenvalue weighted by molar-refractivity contribution is 5.84. The maximum Gasteiger partial charge on any atom is 0.265 e. The summed E-state index contributed by atoms with van der Waals surface area (Å²) in [5, 5.41) is 3.74. The molecule has 0 saturated carbocycles. The predicted octanol–water partition coefficient (Wildman–Crippen LogP) is 2.57. The molecule has 0 aliphatic carbocycles. The monoisotopic (exact) mass is 374 g/mol. The van der Waals surface area contributed by atoms with E-state index in [9.17, 15) is 4.79 Å². The Morgan fingerprint density at radius 1 is 1.11 bits per heavy atom. The third-order valence-electron chi connectivity index (χ3n) is 4.17. The average molecular weight is 374 g/mol. The quantitative estimate of drug-likeness (QED) is 0.711. The van der Waals surface area contributed by atoms with Crippen molar-refractivity contribution in [2.24, 2.45) is 0 Å². The number of carbonyl (C=O) groups is 1. The maximum atomic E-state index is 12.2. The van der Waals surface area contributed by atoms with Gasteiger partial charge in [0.1, 0.15) is 24.5 Å². The van der Waals surface area contributed by atoms with Crippen molar-refractivity contribution >= 4 is 16.8 Å². The van der Waals surface area contributed by atoms with Gasteiger partial charge in [0.15, 0.2) is 11.5 Å². The van der Waals surface area contributed by atoms with Crippen molar-refractivity contribution in [3.8, 4) is 29.1 Å². The number of pyridine rings is 1. The molecule has 1 aliphatic heterocycles. The van der Waals surface area contributed by atoms with Gasteiger partial charge in [0.05, 0.1) is 6.54 Å². The molecule has 0 spiro atoms. The first kappa shape index (κ1) is 17.7. The average Bonchev–Trinajstić information content (AvgIpc) is 2.75. The Balaban J connectivity index is 1.25. The number of amides is 1. The molecule has 3 aromatic rings. The van der Waals surface area contributed by atoms with Crippen molar-refractivity contribution in [3.63, 3.8) is 0 Å². The third kappa shape index (κ3) is 3.99. The Morgan fingerprint density at radius 3 is 2.89 bits per heavy atom. The van der Waals surface area contributed by atoms with E-state index in [2.05, 4.69) is 22.1 Å². The van der Waals surface area contributed by atoms with E-state index in [-0.39, 0.29) is 25.7 Å². The number of nitrogens with one attached hydrogen (secondary N) is 1. The van der Waals surface area contributed by atoms with E-state index in [0.717, 1.165) is 10.9 Å². The lowest BCUT2D eigenvalue weighted by atomic mass is 10.2. The summed E-state index contributed by atoms with van der Waals surface area (Å²) in [6, 6.07) is 16.9. The van der Waals surface area contributed by atoms with Crippen LogP contribution in [0.5, 0.6) is 17.2 Å². The Kier molecular flexibility index (Phi) is 5.25. The fourth-order valence-electron chi connectivity index (χ4n) is 2.81. The summed E-state index contributed by atoms with van der Waals surface area (Å²) in [4.78, 5) is 16.5. The zero-order chi connectivity index (χ0) is 19.2. The van der Waals surface area contributed by atoms with Crippen LogP contribution >= 0.6 is 0 Å². The fraction of sp³-hybridized carbons (Fsp3) is 0.182. The van der Waals surface area contributed by atoms with Gasteiger partial charge in [0, 0.05) is 11.6 Å². The van der Waals surface area contributed by atoms with Crippen LogP contribution in [-0.4, -0.2) is 36.8 Å². The molecule has 1 amide bonds. The van der Waals surface area contributed by atoms with Crippen LogP contribution in [0.4, 0.5) is 0 Å². The van der Waals surface area contributed by atoms with Crippen LogP contribution in [0.2, 0.25) is 0 Å². The van der Waals surface area contributed by atoms with Gasteiger partial charge in [-0.3, -0.25) is 9.78 Å². The first-order valence-corrected chi connectivity index (χ1v) is 8.90. The van der Waals surface area contributed by atoms with E-state index in [1.54, 1.807) is 18.3 Å². The maximum absolute atomic E-state index is 12.2. The molecule has 2 heterocycles. The van der Waals surface area contributed by atoms with Gasteiger partial charge < -0.3 is 19.5 Å². The van der Waals surface area contributed by atoms with Gasteiger partial charge in [0.2, 0.25) is 6.10 Å². The molecule has 28 heavy (non-hydrogen) atoms. The first-order chi connectivity index (χ1) is 13.8. The predicted molar refractivity (Wildman–Crippen MR) is 104 cm³/mol. The molecule has 1 aliphatic rings. The summed E-state index contributed by atoms with van der Waals surface area (Å²) >= 11 is 0. The highest BCUT2D eigenvalue weighted by Gasteiger charge is 2.26. The highest BCUT2D eigenvalue weighted by Crippen LogP contribution is 2.30. The summed E-state index contributed by atoms with van der Waals surface area (Å²) in [6.45, 7) is 0.590. The van der Waals surface area contributed by atoms with Crippen LogP contribution in [0, 0.1) is 11.8 Å². The van der Waals surface area contributed by atoms with E-state index in [0.29, 0.717) is 17.2 Å². The lowest BCUT2D eigenvalue weighted by molar-refractivity contribution is -0.130. The van der Waals surface area contributed by atoms with Crippen LogP contribution in [0.15, 0.2) is 60.8 Å². The second-order valence-electron chi connectivity index (χ2n) is 6.06. The Hall–Kier alpha value is -3.72. The minimum atomic E-state index is -0.685. The second kappa shape index (κ2) is 8.31. The molecule has 0 radical (unpaired) electrons. The van der Waals surface area contributed by atoms with Crippen molar-refractivity contribution in [3.05, 3.63) is 60.8 Å². The van der Waals surface area contributed by atoms with Crippen molar-refractivity contribution in [1.29, 1.82) is 0 Å². The van der Waals surface area contributed by atoms with Gasteiger partial charge in [-0.2, -0.15) is 0 Å². The molecule has 2 aromatic carbocycles. The van der Waals surface area contributed by atoms with Gasteiger partial charge in [-0.1, -0.05) is 42.2 Å². The molecular weight excluding hydrogens is 356 g/mol. The molecule has 4 rings (SSSR count). The number of rotatable bonds is 4. The van der Waals surface area contributed by atoms with Gasteiger partial charge >= 0.3 is 0 Å². The molecule has 0 fully saturated rings. The molecule has 1 atom stereocenters. The van der Waals surface area contributed by atoms with Gasteiger partial charge in [-0.15, -0.1) is 0 Å². The van der Waals surface area contributed by atoms with E-state index < -0.39 is 6.10 Å². The standard InChI is InChI=1S/C22H18N2O4/c25-22(20-15-27-17-9-1-2-10-18(17)28-20)24-12-3-4-14-26-19-11-5-7-16-8-6-13-23-21(16)19/h1-2,5-11,13,20H,12,14-15H2,(H,24,25). The molecule has 6 heteroatoms. The number of aromatic nitrogens is 1. The topological polar surface area (TPSA) is 69.7 Å². The highest BCUT2D eigenvalue weighted by atomic mass is 16.6. The largest absolute Gasteiger partial charge is 0.485 e. The Labute approximate surface area is 162 Å². The molecular formula is C22H18N2O4. The number of fused-ring (bicyclic) bond motifs is 2. The molecule has 0 saturated heterocycles. The molecule has 6 nitrogen and oxygen atoms in total. The van der Waals surface area contributed by atoms with Crippen molar-refractivity contribution in [1.82, 2.24) is 10.3 Å². The number of hydrogen-bond donors (Lipinski definition) is 1. The van der Waals surface area contributed by atoms with Crippen molar-refractivity contribution in [2.45, 2.75) is 6.10 Å². The number of benzene rings is 2. The summed E-state index contributed by atoms with van der Waals surface area (Å²) in [6.07, 6.45) is 1.04. The van der Waals surface area contributed by atoms with Crippen LogP contribution in [-0.2, 0) is 4.79 Å². The van der Waals surface area contributed by atoms with E-state index in [1.165, 1.54) is 0 Å². The molecule has 1 N–H and O–H groups in total. The third-order valence-corrected chi connectivity index (χ3v) is 4.17. The molecule has 0 bridgehead atoms. The molecule has 140 valence electrons. The SMILES string of the molecule is O=C(NCC#CCOc1cccc2cccnc12)C1COc2ccccc2O1. The minimum absolute atomic E-state index is 0.174. The molecule has 1 unspecified atom stereocenters. The number of carbonyl (C=O) groups excluding carboxylic acids is 1. The van der Waals surface area contributed by atoms with Crippen LogP contribution in [0.25, 0.3) is 10.9 Å². The number of hydrogen-bond acceptors (Lipinski definition) is 5. The summed E-state index contributed by atoms with van der Waals surface area (Å²) in [7, 11) is 0.